The zero-order valence-electron chi connectivity index (χ0n) is 8.33. The van der Waals surface area contributed by atoms with Gasteiger partial charge in [-0.25, -0.2) is 0 Å². The third-order valence-electron chi connectivity index (χ3n) is 1.59. The van der Waals surface area contributed by atoms with Crippen LogP contribution < -0.4 is 5.73 Å². The number of carbonyl (C=O) groups excluding carboxylic acids is 1. The number of ether oxygens (including phenoxy) is 1. The fourth-order valence-electron chi connectivity index (χ4n) is 0.864. The Bertz CT molecular complexity index is 180. The lowest BCUT2D eigenvalue weighted by Gasteiger charge is -2.12. The Morgan fingerprint density at radius 3 is 2.67 bits per heavy atom. The molecule has 2 unspecified atom stereocenters. The molecule has 0 aromatic rings. The van der Waals surface area contributed by atoms with Crippen molar-refractivity contribution >= 4 is 28.4 Å². The van der Waals surface area contributed by atoms with Crippen LogP contribution in [0.2, 0.25) is 0 Å². The molecule has 0 heterocycles. The highest BCUT2D eigenvalue weighted by Crippen LogP contribution is 2.09. The first-order chi connectivity index (χ1) is 7.06. The number of aliphatic hydroxyl groups is 2. The number of rotatable bonds is 8. The first-order valence-electron chi connectivity index (χ1n) is 4.63. The minimum Gasteiger partial charge on any atom is -0.436 e. The maximum Gasteiger partial charge on any atom is 0.308 e. The standard InChI is InChI=1S/C8H17NO4S2/c9-6(10)3-4-8(12)13-7(11)2-1-5-15-14/h6,8,10,12,14H,1-5,9H2. The van der Waals surface area contributed by atoms with Gasteiger partial charge in [0, 0.05) is 18.6 Å². The first kappa shape index (κ1) is 15.0. The highest BCUT2D eigenvalue weighted by atomic mass is 33.1. The van der Waals surface area contributed by atoms with Crippen LogP contribution in [0.15, 0.2) is 0 Å². The largest absolute Gasteiger partial charge is 0.436 e. The minimum absolute atomic E-state index is 0.144. The van der Waals surface area contributed by atoms with Gasteiger partial charge in [0.2, 0.25) is 6.29 Å². The number of nitrogens with two attached hydrogens (primary N) is 1. The van der Waals surface area contributed by atoms with Crippen molar-refractivity contribution in [1.82, 2.24) is 0 Å². The summed E-state index contributed by atoms with van der Waals surface area (Å²) in [6.45, 7) is 0. The maximum atomic E-state index is 11.1. The van der Waals surface area contributed by atoms with E-state index in [-0.39, 0.29) is 19.3 Å². The van der Waals surface area contributed by atoms with Crippen LogP contribution in [0.3, 0.4) is 0 Å². The van der Waals surface area contributed by atoms with E-state index in [2.05, 4.69) is 16.4 Å². The van der Waals surface area contributed by atoms with Gasteiger partial charge >= 0.3 is 5.97 Å². The van der Waals surface area contributed by atoms with E-state index in [9.17, 15) is 9.90 Å². The number of aliphatic hydroxyl groups excluding tert-OH is 2. The van der Waals surface area contributed by atoms with Crippen LogP contribution in [-0.4, -0.2) is 34.5 Å². The lowest BCUT2D eigenvalue weighted by Crippen LogP contribution is -2.24. The predicted octanol–water partition coefficient (Wildman–Crippen LogP) is 0.263. The number of hydrogen-bond acceptors (Lipinski definition) is 7. The average molecular weight is 255 g/mol. The van der Waals surface area contributed by atoms with Gasteiger partial charge < -0.3 is 20.7 Å². The molecule has 0 rings (SSSR count). The topological polar surface area (TPSA) is 92.8 Å². The van der Waals surface area contributed by atoms with Crippen molar-refractivity contribution < 1.29 is 19.7 Å². The Labute approximate surface area is 98.2 Å². The summed E-state index contributed by atoms with van der Waals surface area (Å²) in [6.07, 6.45) is -0.904. The van der Waals surface area contributed by atoms with Gasteiger partial charge in [-0.05, 0) is 12.8 Å². The van der Waals surface area contributed by atoms with Gasteiger partial charge in [0.05, 0.1) is 0 Å². The molecular formula is C8H17NO4S2. The maximum absolute atomic E-state index is 11.1. The Morgan fingerprint density at radius 1 is 1.47 bits per heavy atom. The first-order valence-corrected chi connectivity index (χ1v) is 6.67. The van der Waals surface area contributed by atoms with Gasteiger partial charge in [0.25, 0.3) is 0 Å². The van der Waals surface area contributed by atoms with Crippen LogP contribution in [0.1, 0.15) is 25.7 Å². The molecule has 2 atom stereocenters. The van der Waals surface area contributed by atoms with Crippen LogP contribution >= 0.6 is 22.5 Å². The van der Waals surface area contributed by atoms with E-state index < -0.39 is 18.5 Å². The summed E-state index contributed by atoms with van der Waals surface area (Å²) in [5, 5.41) is 17.9. The molecule has 90 valence electrons. The van der Waals surface area contributed by atoms with Crippen molar-refractivity contribution in [3.05, 3.63) is 0 Å². The molecule has 0 aliphatic rings. The third-order valence-corrected chi connectivity index (χ3v) is 2.61. The van der Waals surface area contributed by atoms with Gasteiger partial charge in [-0.2, -0.15) is 0 Å². The summed E-state index contributed by atoms with van der Waals surface area (Å²) in [5.41, 5.74) is 5.06. The molecule has 0 aromatic heterocycles. The van der Waals surface area contributed by atoms with E-state index in [0.717, 1.165) is 5.75 Å². The molecule has 0 aliphatic heterocycles. The predicted molar refractivity (Wildman–Crippen MR) is 62.2 cm³/mol. The van der Waals surface area contributed by atoms with Crippen molar-refractivity contribution in [3.63, 3.8) is 0 Å². The van der Waals surface area contributed by atoms with Crippen LogP contribution in [-0.2, 0) is 9.53 Å². The molecule has 0 aliphatic carbocycles. The summed E-state index contributed by atoms with van der Waals surface area (Å²) >= 11 is 3.92. The van der Waals surface area contributed by atoms with E-state index >= 15 is 0 Å². The molecular weight excluding hydrogens is 238 g/mol. The highest BCUT2D eigenvalue weighted by Gasteiger charge is 2.11. The van der Waals surface area contributed by atoms with Gasteiger partial charge in [-0.3, -0.25) is 4.79 Å². The third kappa shape index (κ3) is 10.3. The number of hydrogen-bond donors (Lipinski definition) is 4. The fraction of sp³-hybridized carbons (Fsp3) is 0.875. The van der Waals surface area contributed by atoms with Crippen molar-refractivity contribution in [2.24, 2.45) is 5.73 Å². The average Bonchev–Trinajstić information content (AvgIpc) is 2.15. The number of esters is 1. The van der Waals surface area contributed by atoms with Crippen molar-refractivity contribution in [2.45, 2.75) is 38.2 Å². The smallest absolute Gasteiger partial charge is 0.308 e. The van der Waals surface area contributed by atoms with E-state index in [1.165, 1.54) is 10.8 Å². The molecule has 0 amide bonds. The lowest BCUT2D eigenvalue weighted by atomic mass is 10.3. The molecule has 15 heavy (non-hydrogen) atoms. The SMILES string of the molecule is NC(O)CCC(O)OC(=O)CCCSS. The van der Waals surface area contributed by atoms with E-state index in [4.69, 9.17) is 10.8 Å². The van der Waals surface area contributed by atoms with Crippen molar-refractivity contribution in [1.29, 1.82) is 0 Å². The molecule has 0 bridgehead atoms. The monoisotopic (exact) mass is 255 g/mol. The molecule has 0 spiro atoms. The Morgan fingerprint density at radius 2 is 2.13 bits per heavy atom. The number of thiol groups is 1. The van der Waals surface area contributed by atoms with E-state index in [1.54, 1.807) is 0 Å². The van der Waals surface area contributed by atoms with Crippen LogP contribution in [0.5, 0.6) is 0 Å². The number of carbonyl (C=O) groups is 1. The summed E-state index contributed by atoms with van der Waals surface area (Å²) < 4.78 is 4.66. The zero-order valence-corrected chi connectivity index (χ0v) is 10.0. The Hall–Kier alpha value is 0.0500. The molecule has 0 radical (unpaired) electrons. The highest BCUT2D eigenvalue weighted by molar-refractivity contribution is 8.68. The van der Waals surface area contributed by atoms with Crippen LogP contribution in [0.4, 0.5) is 0 Å². The minimum atomic E-state index is -1.18. The lowest BCUT2D eigenvalue weighted by molar-refractivity contribution is -0.169. The van der Waals surface area contributed by atoms with Gasteiger partial charge in [-0.1, -0.05) is 10.8 Å². The molecule has 0 fully saturated rings. The summed E-state index contributed by atoms with van der Waals surface area (Å²) in [6, 6.07) is 0. The zero-order chi connectivity index (χ0) is 11.7. The van der Waals surface area contributed by atoms with Crippen molar-refractivity contribution in [2.75, 3.05) is 5.75 Å². The second-order valence-electron chi connectivity index (χ2n) is 3.03. The van der Waals surface area contributed by atoms with E-state index in [0.29, 0.717) is 6.42 Å². The van der Waals surface area contributed by atoms with Crippen LogP contribution in [0.25, 0.3) is 0 Å². The Balaban J connectivity index is 3.49. The molecule has 5 nitrogen and oxygen atoms in total. The summed E-state index contributed by atoms with van der Waals surface area (Å²) in [5.74, 6) is 0.312. The summed E-state index contributed by atoms with van der Waals surface area (Å²) in [7, 11) is 1.35. The molecule has 0 saturated heterocycles. The van der Waals surface area contributed by atoms with Gasteiger partial charge in [0.1, 0.15) is 6.23 Å². The van der Waals surface area contributed by atoms with Gasteiger partial charge in [-0.15, -0.1) is 11.7 Å². The quantitative estimate of drug-likeness (QED) is 0.163. The fourth-order valence-corrected chi connectivity index (χ4v) is 1.52. The van der Waals surface area contributed by atoms with Crippen LogP contribution in [0, 0.1) is 0 Å². The second-order valence-corrected chi connectivity index (χ2v) is 4.47. The van der Waals surface area contributed by atoms with E-state index in [1.807, 2.05) is 0 Å². The normalized spacial score (nSPS) is 14.7. The van der Waals surface area contributed by atoms with Gasteiger partial charge in [0.15, 0.2) is 0 Å². The molecule has 0 aromatic carbocycles. The molecule has 4 N–H and O–H groups in total. The molecule has 7 heteroatoms. The van der Waals surface area contributed by atoms with Crippen molar-refractivity contribution in [3.8, 4) is 0 Å². The molecule has 0 saturated carbocycles. The second kappa shape index (κ2) is 9.29. The Kier molecular flexibility index (Phi) is 9.32. The summed E-state index contributed by atoms with van der Waals surface area (Å²) in [4.78, 5) is 11.1.